The Bertz CT molecular complexity index is 703. The first-order chi connectivity index (χ1) is 9.97. The lowest BCUT2D eigenvalue weighted by Gasteiger charge is -2.03. The van der Waals surface area contributed by atoms with E-state index < -0.39 is 0 Å². The third-order valence-corrected chi connectivity index (χ3v) is 4.23. The quantitative estimate of drug-likeness (QED) is 0.361. The normalized spacial score (nSPS) is 10.8. The summed E-state index contributed by atoms with van der Waals surface area (Å²) < 4.78 is 1.70. The number of hydrazone groups is 1. The lowest BCUT2D eigenvalue weighted by molar-refractivity contribution is 0.0955. The maximum Gasteiger partial charge on any atom is 0.271 e. The Kier molecular flexibility index (Phi) is 5.82. The van der Waals surface area contributed by atoms with Crippen LogP contribution in [-0.2, 0) is 0 Å². The number of nitrogens with zero attached hydrogens (tertiary/aromatic N) is 1. The zero-order chi connectivity index (χ0) is 15.4. The number of carbonyl (C=O) groups is 1. The van der Waals surface area contributed by atoms with Gasteiger partial charge in [-0.25, -0.2) is 5.43 Å². The Morgan fingerprint density at radius 2 is 1.90 bits per heavy atom. The van der Waals surface area contributed by atoms with Crippen LogP contribution in [0, 0.1) is 7.14 Å². The number of carbonyl (C=O) groups excluding carboxylic acids is 1. The monoisotopic (exact) mass is 526 g/mol. The third kappa shape index (κ3) is 4.55. The van der Waals surface area contributed by atoms with Gasteiger partial charge in [0, 0.05) is 19.7 Å². The van der Waals surface area contributed by atoms with Crippen molar-refractivity contribution in [2.45, 2.75) is 0 Å². The summed E-state index contributed by atoms with van der Waals surface area (Å²) in [5.41, 5.74) is 3.41. The Morgan fingerprint density at radius 3 is 2.57 bits per heavy atom. The van der Waals surface area contributed by atoms with E-state index in [4.69, 9.17) is 11.6 Å². The molecule has 0 aliphatic rings. The molecule has 0 saturated carbocycles. The van der Waals surface area contributed by atoms with E-state index >= 15 is 0 Å². The fourth-order valence-electron chi connectivity index (χ4n) is 1.51. The highest BCUT2D eigenvalue weighted by Crippen LogP contribution is 2.25. The molecular formula is C14H9ClI2N2O2. The predicted molar refractivity (Wildman–Crippen MR) is 100 cm³/mol. The van der Waals surface area contributed by atoms with Gasteiger partial charge >= 0.3 is 0 Å². The molecule has 0 aromatic heterocycles. The van der Waals surface area contributed by atoms with Crippen LogP contribution in [-0.4, -0.2) is 17.2 Å². The van der Waals surface area contributed by atoms with Crippen LogP contribution in [0.2, 0.25) is 5.02 Å². The Hall–Kier alpha value is -0.870. The minimum Gasteiger partial charge on any atom is -0.506 e. The van der Waals surface area contributed by atoms with Crippen molar-refractivity contribution in [2.75, 3.05) is 0 Å². The third-order valence-electron chi connectivity index (χ3n) is 2.53. The van der Waals surface area contributed by atoms with Crippen LogP contribution in [0.15, 0.2) is 41.5 Å². The molecule has 0 spiro atoms. The average molecular weight is 526 g/mol. The van der Waals surface area contributed by atoms with Gasteiger partial charge in [0.15, 0.2) is 0 Å². The number of phenols is 1. The van der Waals surface area contributed by atoms with Crippen LogP contribution >= 0.6 is 56.8 Å². The molecule has 108 valence electrons. The molecule has 2 N–H and O–H groups in total. The van der Waals surface area contributed by atoms with E-state index in [2.05, 4.69) is 33.1 Å². The van der Waals surface area contributed by atoms with Crippen molar-refractivity contribution in [1.82, 2.24) is 5.43 Å². The molecule has 4 nitrogen and oxygen atoms in total. The van der Waals surface area contributed by atoms with E-state index in [1.807, 2.05) is 28.7 Å². The van der Waals surface area contributed by atoms with Crippen molar-refractivity contribution in [2.24, 2.45) is 5.10 Å². The van der Waals surface area contributed by atoms with Crippen LogP contribution in [0.3, 0.4) is 0 Å². The molecule has 0 heterocycles. The maximum absolute atomic E-state index is 11.8. The Balaban J connectivity index is 2.09. The molecule has 0 atom stereocenters. The standard InChI is InChI=1S/C14H9ClI2N2O2/c15-10-3-1-8(2-4-10)14(21)19-18-7-9-5-11(16)6-12(17)13(9)20/h1-7,20H,(H,19,21)/b18-7+. The largest absolute Gasteiger partial charge is 0.506 e. The van der Waals surface area contributed by atoms with Gasteiger partial charge < -0.3 is 5.11 Å². The number of phenolic OH excluding ortho intramolecular Hbond substituents is 1. The van der Waals surface area contributed by atoms with Crippen molar-refractivity contribution in [3.63, 3.8) is 0 Å². The lowest BCUT2D eigenvalue weighted by Crippen LogP contribution is -2.17. The smallest absolute Gasteiger partial charge is 0.271 e. The SMILES string of the molecule is O=C(N/N=C/c1cc(I)cc(I)c1O)c1ccc(Cl)cc1. The molecule has 0 aliphatic heterocycles. The molecule has 2 aromatic rings. The zero-order valence-corrected chi connectivity index (χ0v) is 15.5. The van der Waals surface area contributed by atoms with Gasteiger partial charge in [0.1, 0.15) is 5.75 Å². The minimum absolute atomic E-state index is 0.139. The number of nitrogens with one attached hydrogen (secondary N) is 1. The first-order valence-corrected chi connectivity index (χ1v) is 8.28. The average Bonchev–Trinajstić information content (AvgIpc) is 2.44. The summed E-state index contributed by atoms with van der Waals surface area (Å²) in [6.45, 7) is 0. The second kappa shape index (κ2) is 7.41. The van der Waals surface area contributed by atoms with E-state index in [-0.39, 0.29) is 11.7 Å². The van der Waals surface area contributed by atoms with Gasteiger partial charge in [-0.05, 0) is 81.6 Å². The number of amides is 1. The minimum atomic E-state index is -0.345. The fraction of sp³-hybridized carbons (Fsp3) is 0. The fourth-order valence-corrected chi connectivity index (χ4v) is 3.53. The lowest BCUT2D eigenvalue weighted by atomic mass is 10.2. The first kappa shape index (κ1) is 16.5. The van der Waals surface area contributed by atoms with Crippen LogP contribution in [0.1, 0.15) is 15.9 Å². The molecule has 0 fully saturated rings. The molecular weight excluding hydrogens is 517 g/mol. The molecule has 0 saturated heterocycles. The molecule has 0 unspecified atom stereocenters. The van der Waals surface area contributed by atoms with E-state index in [1.54, 1.807) is 30.3 Å². The summed E-state index contributed by atoms with van der Waals surface area (Å²) in [7, 11) is 0. The summed E-state index contributed by atoms with van der Waals surface area (Å²) in [6.07, 6.45) is 1.41. The molecule has 7 heteroatoms. The predicted octanol–water partition coefficient (Wildman–Crippen LogP) is 4.02. The van der Waals surface area contributed by atoms with Crippen molar-refractivity contribution in [3.05, 3.63) is 59.7 Å². The summed E-state index contributed by atoms with van der Waals surface area (Å²) >= 11 is 9.94. The van der Waals surface area contributed by atoms with Gasteiger partial charge in [-0.1, -0.05) is 11.6 Å². The van der Waals surface area contributed by atoms with Gasteiger partial charge in [0.05, 0.1) is 9.78 Å². The second-order valence-corrected chi connectivity index (χ2v) is 6.88. The highest BCUT2D eigenvalue weighted by molar-refractivity contribution is 14.1. The molecule has 0 bridgehead atoms. The van der Waals surface area contributed by atoms with Gasteiger partial charge in [-0.15, -0.1) is 0 Å². The highest BCUT2D eigenvalue weighted by atomic mass is 127. The number of benzene rings is 2. The topological polar surface area (TPSA) is 61.7 Å². The molecule has 0 aliphatic carbocycles. The van der Waals surface area contributed by atoms with Crippen molar-refractivity contribution in [1.29, 1.82) is 0 Å². The number of hydrogen-bond acceptors (Lipinski definition) is 3. The molecule has 21 heavy (non-hydrogen) atoms. The summed E-state index contributed by atoms with van der Waals surface area (Å²) in [5, 5.41) is 14.3. The van der Waals surface area contributed by atoms with E-state index in [0.29, 0.717) is 16.1 Å². The molecule has 0 radical (unpaired) electrons. The summed E-state index contributed by atoms with van der Waals surface area (Å²) in [6, 6.07) is 10.1. The van der Waals surface area contributed by atoms with Gasteiger partial charge in [0.25, 0.3) is 5.91 Å². The van der Waals surface area contributed by atoms with Gasteiger partial charge in [-0.2, -0.15) is 5.10 Å². The van der Waals surface area contributed by atoms with Crippen molar-refractivity contribution in [3.8, 4) is 5.75 Å². The maximum atomic E-state index is 11.8. The van der Waals surface area contributed by atoms with E-state index in [0.717, 1.165) is 7.14 Å². The zero-order valence-electron chi connectivity index (χ0n) is 10.5. The second-order valence-electron chi connectivity index (χ2n) is 4.03. The molecule has 2 aromatic carbocycles. The number of halogens is 3. The number of aromatic hydroxyl groups is 1. The number of hydrogen-bond donors (Lipinski definition) is 2. The number of rotatable bonds is 3. The highest BCUT2D eigenvalue weighted by Gasteiger charge is 2.06. The van der Waals surface area contributed by atoms with Crippen LogP contribution in [0.5, 0.6) is 5.75 Å². The van der Waals surface area contributed by atoms with Crippen LogP contribution < -0.4 is 5.43 Å². The summed E-state index contributed by atoms with van der Waals surface area (Å²) in [4.78, 5) is 11.8. The van der Waals surface area contributed by atoms with E-state index in [1.165, 1.54) is 6.21 Å². The molecule has 2 rings (SSSR count). The molecule has 1 amide bonds. The van der Waals surface area contributed by atoms with Gasteiger partial charge in [-0.3, -0.25) is 4.79 Å². The van der Waals surface area contributed by atoms with E-state index in [9.17, 15) is 9.90 Å². The van der Waals surface area contributed by atoms with Crippen LogP contribution in [0.25, 0.3) is 0 Å². The van der Waals surface area contributed by atoms with Crippen molar-refractivity contribution < 1.29 is 9.90 Å². The first-order valence-electron chi connectivity index (χ1n) is 5.74. The Morgan fingerprint density at radius 1 is 1.24 bits per heavy atom. The van der Waals surface area contributed by atoms with Gasteiger partial charge in [0.2, 0.25) is 0 Å². The Labute approximate surface area is 153 Å². The summed E-state index contributed by atoms with van der Waals surface area (Å²) in [5.74, 6) is -0.205. The van der Waals surface area contributed by atoms with Crippen LogP contribution in [0.4, 0.5) is 0 Å². The van der Waals surface area contributed by atoms with Crippen molar-refractivity contribution >= 4 is 68.9 Å².